The zero-order chi connectivity index (χ0) is 29.5. The molecule has 0 unspecified atom stereocenters. The van der Waals surface area contributed by atoms with E-state index in [1.807, 2.05) is 48.5 Å². The third-order valence-electron chi connectivity index (χ3n) is 5.75. The quantitative estimate of drug-likeness (QED) is 0.124. The van der Waals surface area contributed by atoms with Gasteiger partial charge < -0.3 is 20.8 Å². The molecule has 0 atom stereocenters. The van der Waals surface area contributed by atoms with E-state index >= 15 is 0 Å². The molecule has 41 heavy (non-hydrogen) atoms. The topological polar surface area (TPSA) is 89.2 Å². The molecule has 0 aliphatic carbocycles. The Morgan fingerprint density at radius 2 is 1.05 bits per heavy atom. The van der Waals surface area contributed by atoms with E-state index in [1.165, 1.54) is 0 Å². The fourth-order valence-corrected chi connectivity index (χ4v) is 4.21. The Balaban J connectivity index is 0.00000588. The SMILES string of the molecule is C=C(CC(C)(C)C)Nc1ccc(O)c(C=Nc2ccccc2N=Cc2cc(NC(=C)CC(C)(C)C)ccc2O)c1.[Pt]. The number of nitrogens with one attached hydrogen (secondary N) is 2. The second-order valence-corrected chi connectivity index (χ2v) is 12.5. The van der Waals surface area contributed by atoms with E-state index in [0.717, 1.165) is 35.6 Å². The molecular formula is C34H42N4O2Pt. The first-order chi connectivity index (χ1) is 18.7. The van der Waals surface area contributed by atoms with Gasteiger partial charge in [0.1, 0.15) is 11.5 Å². The van der Waals surface area contributed by atoms with Crippen LogP contribution in [0, 0.1) is 10.8 Å². The van der Waals surface area contributed by atoms with Crippen molar-refractivity contribution in [3.63, 3.8) is 0 Å². The molecule has 0 bridgehead atoms. The molecule has 4 N–H and O–H groups in total. The number of phenols is 2. The Morgan fingerprint density at radius 1 is 0.683 bits per heavy atom. The molecule has 0 fully saturated rings. The summed E-state index contributed by atoms with van der Waals surface area (Å²) in [5.74, 6) is 0.248. The van der Waals surface area contributed by atoms with E-state index < -0.39 is 0 Å². The average Bonchev–Trinajstić information content (AvgIpc) is 2.83. The van der Waals surface area contributed by atoms with Crippen molar-refractivity contribution in [1.29, 1.82) is 0 Å². The normalized spacial score (nSPS) is 11.9. The van der Waals surface area contributed by atoms with E-state index in [4.69, 9.17) is 0 Å². The summed E-state index contributed by atoms with van der Waals surface area (Å²) in [4.78, 5) is 9.21. The van der Waals surface area contributed by atoms with E-state index in [0.29, 0.717) is 22.5 Å². The molecule has 3 rings (SSSR count). The van der Waals surface area contributed by atoms with Crippen molar-refractivity contribution in [1.82, 2.24) is 0 Å². The van der Waals surface area contributed by atoms with Crippen LogP contribution >= 0.6 is 0 Å². The number of anilines is 2. The standard InChI is InChI=1S/C34H42N4O2.Pt/c1-23(19-33(3,4)5)37-27-13-15-31(39)25(17-27)21-35-29-11-9-10-12-30(29)36-22-26-18-28(14-16-32(26)40)38-24(2)20-34(6,7)8;/h9-18,21-22,37-40H,1-2,19-20H2,3-8H3;. The Morgan fingerprint density at radius 3 is 1.39 bits per heavy atom. The van der Waals surface area contributed by atoms with Gasteiger partial charge in [-0.1, -0.05) is 66.8 Å². The Bertz CT molecular complexity index is 1320. The maximum Gasteiger partial charge on any atom is 0.124 e. The van der Waals surface area contributed by atoms with Crippen LogP contribution in [0.2, 0.25) is 0 Å². The fourth-order valence-electron chi connectivity index (χ4n) is 4.21. The van der Waals surface area contributed by atoms with Gasteiger partial charge in [-0.25, -0.2) is 0 Å². The van der Waals surface area contributed by atoms with Crippen molar-refractivity contribution in [2.45, 2.75) is 54.4 Å². The summed E-state index contributed by atoms with van der Waals surface area (Å²) in [6.07, 6.45) is 4.88. The number of phenolic OH excluding ortho intramolecular Hbond substituents is 2. The zero-order valence-electron chi connectivity index (χ0n) is 24.9. The summed E-state index contributed by atoms with van der Waals surface area (Å²) in [6.45, 7) is 21.2. The number of rotatable bonds is 10. The molecule has 0 amide bonds. The number of para-hydroxylation sites is 2. The van der Waals surface area contributed by atoms with Crippen molar-refractivity contribution in [3.8, 4) is 11.5 Å². The van der Waals surface area contributed by atoms with Crippen LogP contribution in [0.25, 0.3) is 0 Å². The molecule has 7 heteroatoms. The summed E-state index contributed by atoms with van der Waals surface area (Å²) in [5, 5.41) is 27.5. The molecule has 0 heterocycles. The molecule has 0 spiro atoms. The molecule has 3 aromatic rings. The van der Waals surface area contributed by atoms with Crippen LogP contribution in [-0.4, -0.2) is 22.6 Å². The molecule has 0 radical (unpaired) electrons. The summed E-state index contributed by atoms with van der Waals surface area (Å²) < 4.78 is 0. The van der Waals surface area contributed by atoms with Crippen molar-refractivity contribution in [2.24, 2.45) is 20.8 Å². The first-order valence-corrected chi connectivity index (χ1v) is 13.4. The number of allylic oxidation sites excluding steroid dienone is 2. The number of hydrogen-bond acceptors (Lipinski definition) is 6. The Labute approximate surface area is 259 Å². The summed E-state index contributed by atoms with van der Waals surface area (Å²) >= 11 is 0. The number of hydrogen-bond donors (Lipinski definition) is 4. The van der Waals surface area contributed by atoms with Crippen molar-refractivity contribution in [3.05, 3.63) is 96.3 Å². The molecule has 6 nitrogen and oxygen atoms in total. The average molecular weight is 734 g/mol. The van der Waals surface area contributed by atoms with Gasteiger partial charge in [0.25, 0.3) is 0 Å². The van der Waals surface area contributed by atoms with Crippen LogP contribution < -0.4 is 10.6 Å². The van der Waals surface area contributed by atoms with Crippen LogP contribution in [0.3, 0.4) is 0 Å². The second kappa shape index (κ2) is 14.3. The third-order valence-corrected chi connectivity index (χ3v) is 5.75. The van der Waals surface area contributed by atoms with Crippen LogP contribution in [0.4, 0.5) is 22.7 Å². The molecule has 220 valence electrons. The number of aliphatic imine (C=N–C) groups is 2. The molecule has 0 aliphatic rings. The van der Waals surface area contributed by atoms with Crippen molar-refractivity contribution < 1.29 is 31.3 Å². The van der Waals surface area contributed by atoms with Gasteiger partial charge >= 0.3 is 0 Å². The monoisotopic (exact) mass is 733 g/mol. The van der Waals surface area contributed by atoms with Gasteiger partial charge in [-0.2, -0.15) is 0 Å². The largest absolute Gasteiger partial charge is 0.507 e. The number of nitrogens with zero attached hydrogens (tertiary/aromatic N) is 2. The maximum atomic E-state index is 10.4. The predicted octanol–water partition coefficient (Wildman–Crippen LogP) is 9.32. The number of aromatic hydroxyl groups is 2. The van der Waals surface area contributed by atoms with Gasteiger partial charge in [-0.05, 0) is 72.2 Å². The van der Waals surface area contributed by atoms with Gasteiger partial charge in [-0.15, -0.1) is 0 Å². The minimum Gasteiger partial charge on any atom is -0.507 e. The van der Waals surface area contributed by atoms with Gasteiger partial charge in [0, 0.05) is 67.4 Å². The van der Waals surface area contributed by atoms with Crippen LogP contribution in [0.15, 0.2) is 95.2 Å². The van der Waals surface area contributed by atoms with E-state index in [1.54, 1.807) is 24.6 Å². The van der Waals surface area contributed by atoms with Crippen LogP contribution in [-0.2, 0) is 21.1 Å². The number of benzene rings is 3. The fraction of sp³-hybridized carbons (Fsp3) is 0.294. The van der Waals surface area contributed by atoms with E-state index in [2.05, 4.69) is 75.3 Å². The molecule has 0 aliphatic heterocycles. The van der Waals surface area contributed by atoms with E-state index in [9.17, 15) is 10.2 Å². The smallest absolute Gasteiger partial charge is 0.124 e. The Hall–Kier alpha value is -3.63. The van der Waals surface area contributed by atoms with Gasteiger partial charge in [0.15, 0.2) is 0 Å². The third kappa shape index (κ3) is 11.4. The molecular weight excluding hydrogens is 691 g/mol. The van der Waals surface area contributed by atoms with Crippen molar-refractivity contribution >= 4 is 35.2 Å². The van der Waals surface area contributed by atoms with Crippen LogP contribution in [0.5, 0.6) is 11.5 Å². The predicted molar refractivity (Wildman–Crippen MR) is 171 cm³/mol. The summed E-state index contributed by atoms with van der Waals surface area (Å²) in [6, 6.07) is 18.0. The molecule has 0 aromatic heterocycles. The first kappa shape index (κ1) is 33.6. The Kier molecular flexibility index (Phi) is 11.7. The maximum absolute atomic E-state index is 10.4. The van der Waals surface area contributed by atoms with Gasteiger partial charge in [0.2, 0.25) is 0 Å². The van der Waals surface area contributed by atoms with Crippen LogP contribution in [0.1, 0.15) is 65.5 Å². The molecule has 0 saturated heterocycles. The first-order valence-electron chi connectivity index (χ1n) is 13.4. The minimum atomic E-state index is 0. The zero-order valence-corrected chi connectivity index (χ0v) is 27.1. The van der Waals surface area contributed by atoms with E-state index in [-0.39, 0.29) is 43.4 Å². The molecule has 3 aromatic carbocycles. The minimum absolute atomic E-state index is 0. The van der Waals surface area contributed by atoms with Crippen molar-refractivity contribution in [2.75, 3.05) is 10.6 Å². The summed E-state index contributed by atoms with van der Waals surface area (Å²) in [7, 11) is 0. The van der Waals surface area contributed by atoms with Gasteiger partial charge in [0.05, 0.1) is 11.4 Å². The second-order valence-electron chi connectivity index (χ2n) is 12.5. The van der Waals surface area contributed by atoms with Gasteiger partial charge in [-0.3, -0.25) is 9.98 Å². The summed E-state index contributed by atoms with van der Waals surface area (Å²) in [5.41, 5.74) is 6.09. The molecule has 0 saturated carbocycles.